The zero-order chi connectivity index (χ0) is 22.4. The second kappa shape index (κ2) is 10.1. The molecular weight excluding hydrogens is 444 g/mol. The van der Waals surface area contributed by atoms with Crippen molar-refractivity contribution in [2.24, 2.45) is 0 Å². The van der Waals surface area contributed by atoms with E-state index in [0.29, 0.717) is 36.8 Å². The molecule has 1 amide bonds. The van der Waals surface area contributed by atoms with Gasteiger partial charge in [0.1, 0.15) is 0 Å². The Kier molecular flexibility index (Phi) is 7.47. The van der Waals surface area contributed by atoms with Gasteiger partial charge >= 0.3 is 0 Å². The van der Waals surface area contributed by atoms with Crippen LogP contribution >= 0.6 is 11.6 Å². The number of benzene rings is 2. The van der Waals surface area contributed by atoms with Crippen molar-refractivity contribution in [3.05, 3.63) is 69.2 Å². The predicted octanol–water partition coefficient (Wildman–Crippen LogP) is 2.06. The fourth-order valence-electron chi connectivity index (χ4n) is 3.35. The van der Waals surface area contributed by atoms with Crippen molar-refractivity contribution in [1.29, 1.82) is 0 Å². The lowest BCUT2D eigenvalue weighted by atomic mass is 10.1. The molecule has 2 aromatic carbocycles. The van der Waals surface area contributed by atoms with E-state index in [4.69, 9.17) is 11.6 Å². The molecule has 1 saturated heterocycles. The Morgan fingerprint density at radius 1 is 1.06 bits per heavy atom. The normalized spacial score (nSPS) is 14.9. The maximum atomic E-state index is 12.6. The number of carbonyl (C=O) groups excluding carboxylic acids is 1. The standard InChI is InChI=1S/C20H23ClN4O5S/c21-18-3-1-2-4-19(18)23-10-12-24(13-11-23)31(29,30)14-9-22-20(26)15-16-5-7-17(8-6-16)25(27)28/h1-8H,9-15H2,(H,22,26). The van der Waals surface area contributed by atoms with Gasteiger partial charge in [0.05, 0.1) is 27.8 Å². The zero-order valence-electron chi connectivity index (χ0n) is 16.7. The molecule has 2 aromatic rings. The lowest BCUT2D eigenvalue weighted by molar-refractivity contribution is -0.384. The predicted molar refractivity (Wildman–Crippen MR) is 119 cm³/mol. The summed E-state index contributed by atoms with van der Waals surface area (Å²) in [6, 6.07) is 13.1. The number of carbonyl (C=O) groups is 1. The van der Waals surface area contributed by atoms with Crippen LogP contribution in [0.2, 0.25) is 5.02 Å². The monoisotopic (exact) mass is 466 g/mol. The highest BCUT2D eigenvalue weighted by molar-refractivity contribution is 7.89. The molecule has 0 bridgehead atoms. The van der Waals surface area contributed by atoms with Crippen molar-refractivity contribution in [1.82, 2.24) is 9.62 Å². The number of nitro benzene ring substituents is 1. The van der Waals surface area contributed by atoms with E-state index < -0.39 is 14.9 Å². The van der Waals surface area contributed by atoms with Crippen LogP contribution < -0.4 is 10.2 Å². The Hall–Kier alpha value is -2.69. The number of amides is 1. The Morgan fingerprint density at radius 3 is 2.32 bits per heavy atom. The smallest absolute Gasteiger partial charge is 0.269 e. The number of para-hydroxylation sites is 1. The van der Waals surface area contributed by atoms with Gasteiger partial charge in [0.15, 0.2) is 0 Å². The highest BCUT2D eigenvalue weighted by Gasteiger charge is 2.27. The second-order valence-electron chi connectivity index (χ2n) is 7.10. The molecule has 0 atom stereocenters. The van der Waals surface area contributed by atoms with Gasteiger partial charge in [0.2, 0.25) is 15.9 Å². The summed E-state index contributed by atoms with van der Waals surface area (Å²) in [6.07, 6.45) is 0.0224. The molecule has 166 valence electrons. The fourth-order valence-corrected chi connectivity index (χ4v) is 4.94. The first-order chi connectivity index (χ1) is 14.8. The molecule has 1 heterocycles. The number of sulfonamides is 1. The van der Waals surface area contributed by atoms with Crippen molar-refractivity contribution in [3.63, 3.8) is 0 Å². The molecule has 1 fully saturated rings. The van der Waals surface area contributed by atoms with Crippen LogP contribution in [0.3, 0.4) is 0 Å². The minimum absolute atomic E-state index is 0.00112. The van der Waals surface area contributed by atoms with E-state index in [1.165, 1.54) is 28.6 Å². The Labute approximate surface area is 185 Å². The fraction of sp³-hybridized carbons (Fsp3) is 0.350. The molecule has 0 saturated carbocycles. The van der Waals surface area contributed by atoms with E-state index in [-0.39, 0.29) is 30.3 Å². The number of rotatable bonds is 8. The van der Waals surface area contributed by atoms with Crippen LogP contribution in [0.5, 0.6) is 0 Å². The first kappa shape index (κ1) is 23.0. The molecule has 31 heavy (non-hydrogen) atoms. The largest absolute Gasteiger partial charge is 0.368 e. The van der Waals surface area contributed by atoms with Gasteiger partial charge in [-0.05, 0) is 17.7 Å². The van der Waals surface area contributed by atoms with Crippen LogP contribution in [-0.4, -0.2) is 62.0 Å². The third kappa shape index (κ3) is 6.16. The molecule has 0 radical (unpaired) electrons. The van der Waals surface area contributed by atoms with Gasteiger partial charge in [0, 0.05) is 44.9 Å². The van der Waals surface area contributed by atoms with Gasteiger partial charge in [-0.1, -0.05) is 35.9 Å². The molecule has 1 aliphatic heterocycles. The molecule has 0 aromatic heterocycles. The maximum absolute atomic E-state index is 12.6. The minimum Gasteiger partial charge on any atom is -0.368 e. The first-order valence-electron chi connectivity index (χ1n) is 9.73. The number of halogens is 1. The van der Waals surface area contributed by atoms with E-state index in [2.05, 4.69) is 10.2 Å². The van der Waals surface area contributed by atoms with E-state index >= 15 is 0 Å². The van der Waals surface area contributed by atoms with Gasteiger partial charge in [-0.2, -0.15) is 4.31 Å². The van der Waals surface area contributed by atoms with Crippen LogP contribution in [0.4, 0.5) is 11.4 Å². The average Bonchev–Trinajstić information content (AvgIpc) is 2.74. The third-order valence-corrected chi connectivity index (χ3v) is 7.21. The number of non-ortho nitro benzene ring substituents is 1. The summed E-state index contributed by atoms with van der Waals surface area (Å²) >= 11 is 6.22. The summed E-state index contributed by atoms with van der Waals surface area (Å²) in [5, 5.41) is 13.9. The molecule has 1 N–H and O–H groups in total. The van der Waals surface area contributed by atoms with Gasteiger partial charge < -0.3 is 10.2 Å². The maximum Gasteiger partial charge on any atom is 0.269 e. The molecule has 9 nitrogen and oxygen atoms in total. The molecule has 11 heteroatoms. The molecule has 1 aliphatic rings. The summed E-state index contributed by atoms with van der Waals surface area (Å²) in [6.45, 7) is 1.78. The van der Waals surface area contributed by atoms with Gasteiger partial charge in [-0.25, -0.2) is 8.42 Å². The van der Waals surface area contributed by atoms with E-state index in [1.807, 2.05) is 18.2 Å². The Balaban J connectivity index is 1.44. The summed E-state index contributed by atoms with van der Waals surface area (Å²) in [4.78, 5) is 24.3. The number of hydrogen-bond acceptors (Lipinski definition) is 6. The van der Waals surface area contributed by atoms with E-state index in [9.17, 15) is 23.3 Å². The Morgan fingerprint density at radius 2 is 1.71 bits per heavy atom. The number of piperazine rings is 1. The number of hydrogen-bond donors (Lipinski definition) is 1. The third-order valence-electron chi connectivity index (χ3n) is 5.02. The minimum atomic E-state index is -3.50. The second-order valence-corrected chi connectivity index (χ2v) is 9.60. The topological polar surface area (TPSA) is 113 Å². The van der Waals surface area contributed by atoms with Gasteiger partial charge in [-0.15, -0.1) is 0 Å². The van der Waals surface area contributed by atoms with Crippen LogP contribution in [0.25, 0.3) is 0 Å². The molecular formula is C20H23ClN4O5S. The number of nitro groups is 1. The van der Waals surface area contributed by atoms with E-state index in [0.717, 1.165) is 5.69 Å². The van der Waals surface area contributed by atoms with Crippen molar-refractivity contribution in [2.75, 3.05) is 43.4 Å². The summed E-state index contributed by atoms with van der Waals surface area (Å²) in [7, 11) is -3.50. The number of anilines is 1. The molecule has 0 spiro atoms. The van der Waals surface area contributed by atoms with Crippen LogP contribution in [0.15, 0.2) is 48.5 Å². The van der Waals surface area contributed by atoms with Crippen molar-refractivity contribution in [3.8, 4) is 0 Å². The van der Waals surface area contributed by atoms with Crippen molar-refractivity contribution in [2.45, 2.75) is 6.42 Å². The van der Waals surface area contributed by atoms with Crippen LogP contribution in [0, 0.1) is 10.1 Å². The van der Waals surface area contributed by atoms with E-state index in [1.54, 1.807) is 6.07 Å². The number of nitrogens with zero attached hydrogens (tertiary/aromatic N) is 3. The highest BCUT2D eigenvalue weighted by Crippen LogP contribution is 2.26. The molecule has 3 rings (SSSR count). The van der Waals surface area contributed by atoms with Crippen LogP contribution in [-0.2, 0) is 21.2 Å². The molecule has 0 unspecified atom stereocenters. The lowest BCUT2D eigenvalue weighted by Crippen LogP contribution is -2.50. The number of nitrogens with one attached hydrogen (secondary N) is 1. The van der Waals surface area contributed by atoms with Gasteiger partial charge in [0.25, 0.3) is 5.69 Å². The van der Waals surface area contributed by atoms with Crippen molar-refractivity contribution < 1.29 is 18.1 Å². The summed E-state index contributed by atoms with van der Waals surface area (Å²) < 4.78 is 26.6. The first-order valence-corrected chi connectivity index (χ1v) is 11.7. The summed E-state index contributed by atoms with van der Waals surface area (Å²) in [5.41, 5.74) is 1.45. The van der Waals surface area contributed by atoms with Crippen LogP contribution in [0.1, 0.15) is 5.56 Å². The SMILES string of the molecule is O=C(Cc1ccc([N+](=O)[O-])cc1)NCCS(=O)(=O)N1CCN(c2ccccc2Cl)CC1. The molecule has 0 aliphatic carbocycles. The Bertz CT molecular complexity index is 1040. The summed E-state index contributed by atoms with van der Waals surface area (Å²) in [5.74, 6) is -0.530. The quantitative estimate of drug-likeness (QED) is 0.470. The highest BCUT2D eigenvalue weighted by atomic mass is 35.5. The zero-order valence-corrected chi connectivity index (χ0v) is 18.3. The van der Waals surface area contributed by atoms with Gasteiger partial charge in [-0.3, -0.25) is 14.9 Å². The van der Waals surface area contributed by atoms with Crippen molar-refractivity contribution >= 4 is 38.9 Å². The lowest BCUT2D eigenvalue weighted by Gasteiger charge is -2.35. The average molecular weight is 467 g/mol.